The highest BCUT2D eigenvalue weighted by Crippen LogP contribution is 2.43. The van der Waals surface area contributed by atoms with Gasteiger partial charge in [0.15, 0.2) is 9.19 Å². The molecule has 0 aromatic rings. The Bertz CT molecular complexity index is 112. The number of ketones is 1. The maximum atomic E-state index is 11.1. The van der Waals surface area contributed by atoms with Crippen LogP contribution in [0.2, 0.25) is 0 Å². The van der Waals surface area contributed by atoms with Gasteiger partial charge in [0, 0.05) is 0 Å². The molecular formula is C6H12OS3. The van der Waals surface area contributed by atoms with E-state index in [1.54, 1.807) is 42.2 Å². The smallest absolute Gasteiger partial charge is 0.166 e. The van der Waals surface area contributed by atoms with Crippen molar-refractivity contribution in [2.45, 2.75) is 10.3 Å². The number of carbonyl (C=O) groups is 1. The van der Waals surface area contributed by atoms with E-state index in [0.717, 1.165) is 0 Å². The van der Waals surface area contributed by atoms with Crippen molar-refractivity contribution < 1.29 is 4.79 Å². The Morgan fingerprint density at radius 2 is 1.40 bits per heavy atom. The summed E-state index contributed by atoms with van der Waals surface area (Å²) in [5.41, 5.74) is 0. The molecule has 10 heavy (non-hydrogen) atoms. The van der Waals surface area contributed by atoms with Gasteiger partial charge >= 0.3 is 0 Å². The topological polar surface area (TPSA) is 17.1 Å². The minimum Gasteiger partial charge on any atom is -0.296 e. The zero-order valence-electron chi connectivity index (χ0n) is 6.63. The van der Waals surface area contributed by atoms with Crippen LogP contribution >= 0.6 is 35.3 Å². The van der Waals surface area contributed by atoms with Crippen LogP contribution in [0.1, 0.15) is 6.92 Å². The molecule has 60 valence electrons. The van der Waals surface area contributed by atoms with E-state index in [1.165, 1.54) is 0 Å². The minimum atomic E-state index is -0.264. The molecule has 0 fully saturated rings. The van der Waals surface area contributed by atoms with Crippen molar-refractivity contribution in [1.29, 1.82) is 0 Å². The van der Waals surface area contributed by atoms with Crippen LogP contribution in [0.4, 0.5) is 0 Å². The van der Waals surface area contributed by atoms with E-state index < -0.39 is 0 Å². The lowest BCUT2D eigenvalue weighted by Gasteiger charge is -2.23. The number of rotatable bonds is 4. The molecule has 0 aliphatic carbocycles. The molecule has 0 rings (SSSR count). The Morgan fingerprint density at radius 1 is 1.10 bits per heavy atom. The molecule has 0 aliphatic heterocycles. The molecule has 0 amide bonds. The van der Waals surface area contributed by atoms with Crippen LogP contribution < -0.4 is 0 Å². The fraction of sp³-hybridized carbons (Fsp3) is 0.833. The van der Waals surface area contributed by atoms with Crippen LogP contribution in [-0.4, -0.2) is 28.0 Å². The Morgan fingerprint density at radius 3 is 1.40 bits per heavy atom. The van der Waals surface area contributed by atoms with Crippen LogP contribution in [0.25, 0.3) is 0 Å². The molecule has 0 aromatic carbocycles. The number of Topliss-reactive ketones (excluding diaryl/α,β-unsaturated/α-hetero) is 1. The number of thioether (sulfide) groups is 3. The first-order chi connectivity index (χ1) is 4.63. The lowest BCUT2D eigenvalue weighted by molar-refractivity contribution is -0.115. The van der Waals surface area contributed by atoms with Crippen LogP contribution in [-0.2, 0) is 4.79 Å². The zero-order chi connectivity index (χ0) is 8.20. The molecule has 0 saturated heterocycles. The fourth-order valence-electron chi connectivity index (χ4n) is 0.681. The van der Waals surface area contributed by atoms with Crippen LogP contribution in [0, 0.1) is 0 Å². The largest absolute Gasteiger partial charge is 0.296 e. The molecule has 0 atom stereocenters. The van der Waals surface area contributed by atoms with Gasteiger partial charge in [0.25, 0.3) is 0 Å². The normalized spacial score (nSPS) is 11.6. The molecule has 0 aromatic heterocycles. The molecule has 4 heteroatoms. The third-order valence-corrected chi connectivity index (χ3v) is 6.71. The monoisotopic (exact) mass is 196 g/mol. The standard InChI is InChI=1S/C6H12OS3/c1-5(7)6(8-2,9-3)10-4/h1-4H3. The SMILES string of the molecule is CSC(SC)(SC)C(C)=O. The molecule has 0 radical (unpaired) electrons. The van der Waals surface area contributed by atoms with Gasteiger partial charge in [0.2, 0.25) is 0 Å². The quantitative estimate of drug-likeness (QED) is 0.642. The van der Waals surface area contributed by atoms with Crippen molar-refractivity contribution in [2.24, 2.45) is 0 Å². The highest BCUT2D eigenvalue weighted by atomic mass is 32.3. The van der Waals surface area contributed by atoms with Gasteiger partial charge in [0.1, 0.15) is 0 Å². The Kier molecular flexibility index (Phi) is 4.90. The van der Waals surface area contributed by atoms with E-state index in [9.17, 15) is 4.79 Å². The van der Waals surface area contributed by atoms with E-state index in [2.05, 4.69) is 0 Å². The van der Waals surface area contributed by atoms with Crippen molar-refractivity contribution in [3.63, 3.8) is 0 Å². The first kappa shape index (κ1) is 10.7. The highest BCUT2D eigenvalue weighted by molar-refractivity contribution is 8.34. The second kappa shape index (κ2) is 4.57. The summed E-state index contributed by atoms with van der Waals surface area (Å²) in [7, 11) is 0. The molecule has 0 bridgehead atoms. The first-order valence-corrected chi connectivity index (χ1v) is 6.47. The summed E-state index contributed by atoms with van der Waals surface area (Å²) in [4.78, 5) is 11.1. The van der Waals surface area contributed by atoms with Crippen molar-refractivity contribution >= 4 is 41.1 Å². The lowest BCUT2D eigenvalue weighted by atomic mass is 10.5. The van der Waals surface area contributed by atoms with E-state index in [4.69, 9.17) is 0 Å². The summed E-state index contributed by atoms with van der Waals surface area (Å²) in [6, 6.07) is 0. The average molecular weight is 196 g/mol. The van der Waals surface area contributed by atoms with Crippen molar-refractivity contribution in [1.82, 2.24) is 0 Å². The van der Waals surface area contributed by atoms with Gasteiger partial charge in [-0.25, -0.2) is 0 Å². The highest BCUT2D eigenvalue weighted by Gasteiger charge is 2.32. The van der Waals surface area contributed by atoms with Gasteiger partial charge in [-0.2, -0.15) is 0 Å². The summed E-state index contributed by atoms with van der Waals surface area (Å²) in [5.74, 6) is 0.236. The second-order valence-electron chi connectivity index (χ2n) is 1.72. The van der Waals surface area contributed by atoms with E-state index in [-0.39, 0.29) is 9.19 Å². The van der Waals surface area contributed by atoms with Gasteiger partial charge in [-0.15, -0.1) is 35.3 Å². The van der Waals surface area contributed by atoms with E-state index >= 15 is 0 Å². The molecule has 0 unspecified atom stereocenters. The maximum Gasteiger partial charge on any atom is 0.166 e. The van der Waals surface area contributed by atoms with E-state index in [0.29, 0.717) is 0 Å². The zero-order valence-corrected chi connectivity index (χ0v) is 9.08. The van der Waals surface area contributed by atoms with E-state index in [1.807, 2.05) is 18.8 Å². The third kappa shape index (κ3) is 2.10. The second-order valence-corrected chi connectivity index (χ2v) is 5.56. The van der Waals surface area contributed by atoms with Gasteiger partial charge in [-0.1, -0.05) is 0 Å². The summed E-state index contributed by atoms with van der Waals surface area (Å²) in [6.07, 6.45) is 5.90. The number of carbonyl (C=O) groups excluding carboxylic acids is 1. The van der Waals surface area contributed by atoms with Crippen LogP contribution in [0.3, 0.4) is 0 Å². The molecule has 0 heterocycles. The molecule has 1 nitrogen and oxygen atoms in total. The minimum absolute atomic E-state index is 0.236. The first-order valence-electron chi connectivity index (χ1n) is 2.79. The number of hydrogen-bond acceptors (Lipinski definition) is 4. The van der Waals surface area contributed by atoms with Crippen LogP contribution in [0.5, 0.6) is 0 Å². The van der Waals surface area contributed by atoms with Gasteiger partial charge in [0.05, 0.1) is 0 Å². The van der Waals surface area contributed by atoms with Gasteiger partial charge in [-0.3, -0.25) is 4.79 Å². The summed E-state index contributed by atoms with van der Waals surface area (Å²) >= 11 is 4.81. The summed E-state index contributed by atoms with van der Waals surface area (Å²) < 4.78 is -0.264. The molecule has 0 aliphatic rings. The summed E-state index contributed by atoms with van der Waals surface area (Å²) in [5, 5.41) is 0. The van der Waals surface area contributed by atoms with Crippen LogP contribution in [0.15, 0.2) is 0 Å². The molecule has 0 saturated carbocycles. The lowest BCUT2D eigenvalue weighted by Crippen LogP contribution is -2.23. The van der Waals surface area contributed by atoms with Gasteiger partial charge in [-0.05, 0) is 25.7 Å². The number of hydrogen-bond donors (Lipinski definition) is 0. The Balaban J connectivity index is 4.31. The molecule has 0 spiro atoms. The fourth-order valence-corrected chi connectivity index (χ4v) is 3.54. The Labute approximate surface area is 75.1 Å². The average Bonchev–Trinajstić information content (AvgIpc) is 1.92. The Hall–Kier alpha value is 0.720. The van der Waals surface area contributed by atoms with Gasteiger partial charge < -0.3 is 0 Å². The van der Waals surface area contributed by atoms with Crippen molar-refractivity contribution in [3.05, 3.63) is 0 Å². The predicted molar refractivity (Wildman–Crippen MR) is 54.0 cm³/mol. The molecular weight excluding hydrogens is 184 g/mol. The molecule has 0 N–H and O–H groups in total. The third-order valence-electron chi connectivity index (χ3n) is 1.24. The van der Waals surface area contributed by atoms with Crippen molar-refractivity contribution in [3.8, 4) is 0 Å². The maximum absolute atomic E-state index is 11.1. The predicted octanol–water partition coefficient (Wildman–Crippen LogP) is 2.32. The summed E-state index contributed by atoms with van der Waals surface area (Å²) in [6.45, 7) is 1.64. The van der Waals surface area contributed by atoms with Crippen molar-refractivity contribution in [2.75, 3.05) is 18.8 Å².